The average Bonchev–Trinajstić information content (AvgIpc) is 3.19. The molecule has 0 saturated carbocycles. The van der Waals surface area contributed by atoms with E-state index in [0.717, 1.165) is 49.0 Å². The molecule has 10 heteroatoms. The number of anilines is 1. The van der Waals surface area contributed by atoms with Gasteiger partial charge in [0.2, 0.25) is 17.0 Å². The Hall–Kier alpha value is -3.24. The fourth-order valence-corrected chi connectivity index (χ4v) is 5.05. The van der Waals surface area contributed by atoms with Crippen molar-refractivity contribution in [3.8, 4) is 5.75 Å². The van der Waals surface area contributed by atoms with Crippen molar-refractivity contribution in [1.82, 2.24) is 15.3 Å². The monoisotopic (exact) mass is 495 g/mol. The van der Waals surface area contributed by atoms with Crippen LogP contribution >= 0.6 is 11.8 Å². The highest BCUT2D eigenvalue weighted by molar-refractivity contribution is 8.18. The number of rotatable bonds is 8. The van der Waals surface area contributed by atoms with Gasteiger partial charge in [-0.05, 0) is 60.4 Å². The lowest BCUT2D eigenvalue weighted by molar-refractivity contribution is -0.122. The van der Waals surface area contributed by atoms with Gasteiger partial charge in [-0.15, -0.1) is 0 Å². The molecule has 35 heavy (non-hydrogen) atoms. The van der Waals surface area contributed by atoms with Gasteiger partial charge in [-0.1, -0.05) is 12.1 Å². The van der Waals surface area contributed by atoms with Gasteiger partial charge in [0.1, 0.15) is 5.75 Å². The first-order valence-corrected chi connectivity index (χ1v) is 12.4. The fourth-order valence-electron chi connectivity index (χ4n) is 4.24. The van der Waals surface area contributed by atoms with E-state index in [1.54, 1.807) is 25.4 Å². The minimum atomic E-state index is -0.220. The van der Waals surface area contributed by atoms with Gasteiger partial charge in [0.25, 0.3) is 0 Å². The number of allylic oxidation sites excluding steroid dienone is 1. The summed E-state index contributed by atoms with van der Waals surface area (Å²) >= 11 is 0.968. The van der Waals surface area contributed by atoms with Gasteiger partial charge in [0, 0.05) is 38.3 Å². The summed E-state index contributed by atoms with van der Waals surface area (Å²) in [5, 5.41) is 2.80. The number of piperidine rings is 1. The van der Waals surface area contributed by atoms with Crippen molar-refractivity contribution in [3.63, 3.8) is 0 Å². The molecule has 1 aromatic carbocycles. The molecule has 1 unspecified atom stereocenters. The maximum absolute atomic E-state index is 12.4. The van der Waals surface area contributed by atoms with Gasteiger partial charge in [-0.25, -0.2) is 9.97 Å². The van der Waals surface area contributed by atoms with Crippen LogP contribution in [0, 0.1) is 5.92 Å². The van der Waals surface area contributed by atoms with E-state index in [-0.39, 0.29) is 41.6 Å². The van der Waals surface area contributed by atoms with Crippen LogP contribution in [0.5, 0.6) is 5.75 Å². The number of methoxy groups -OCH3 is 1. The van der Waals surface area contributed by atoms with Crippen LogP contribution in [0.15, 0.2) is 41.4 Å². The number of carbonyl (C=O) groups is 3. The second kappa shape index (κ2) is 11.5. The number of amides is 1. The van der Waals surface area contributed by atoms with Crippen molar-refractivity contribution in [2.45, 2.75) is 38.3 Å². The Morgan fingerprint density at radius 2 is 2.11 bits per heavy atom. The summed E-state index contributed by atoms with van der Waals surface area (Å²) in [6.07, 6.45) is 5.20. The molecule has 0 bridgehead atoms. The zero-order valence-corrected chi connectivity index (χ0v) is 20.4. The van der Waals surface area contributed by atoms with E-state index in [4.69, 9.17) is 10.5 Å². The van der Waals surface area contributed by atoms with E-state index in [0.29, 0.717) is 23.1 Å². The molecular weight excluding hydrogens is 466 g/mol. The quantitative estimate of drug-likeness (QED) is 0.419. The van der Waals surface area contributed by atoms with Crippen LogP contribution in [-0.2, 0) is 20.9 Å². The van der Waals surface area contributed by atoms with E-state index in [2.05, 4.69) is 20.2 Å². The highest BCUT2D eigenvalue weighted by atomic mass is 32.2. The number of aromatic nitrogens is 2. The molecule has 2 aliphatic rings. The Bertz CT molecular complexity index is 1130. The third-order valence-corrected chi connectivity index (χ3v) is 7.16. The molecule has 184 valence electrons. The molecule has 3 N–H and O–H groups in total. The Kier molecular flexibility index (Phi) is 8.14. The van der Waals surface area contributed by atoms with Gasteiger partial charge in [-0.3, -0.25) is 14.4 Å². The summed E-state index contributed by atoms with van der Waals surface area (Å²) in [7, 11) is 1.61. The smallest absolute Gasteiger partial charge is 0.225 e. The first kappa shape index (κ1) is 24.9. The molecule has 0 radical (unpaired) electrons. The zero-order chi connectivity index (χ0) is 24.8. The number of thioether (sulfide) groups is 1. The molecule has 1 amide bonds. The number of nitrogens with two attached hydrogens (primary N) is 1. The number of benzene rings is 1. The first-order chi connectivity index (χ1) is 16.9. The third kappa shape index (κ3) is 6.67. The SMILES string of the molecule is COc1cccc(CNC(=O)CC(N)C2CCN(c3nccc(/C=C4\SC(=O)CC4=O)n3)CC2)c1. The van der Waals surface area contributed by atoms with Crippen molar-refractivity contribution < 1.29 is 19.1 Å². The summed E-state index contributed by atoms with van der Waals surface area (Å²) in [6, 6.07) is 9.10. The Balaban J connectivity index is 1.26. The van der Waals surface area contributed by atoms with Crippen molar-refractivity contribution in [1.29, 1.82) is 0 Å². The number of ketones is 1. The zero-order valence-electron chi connectivity index (χ0n) is 19.6. The lowest BCUT2D eigenvalue weighted by atomic mass is 9.88. The summed E-state index contributed by atoms with van der Waals surface area (Å²) in [5.41, 5.74) is 7.96. The largest absolute Gasteiger partial charge is 0.497 e. The van der Waals surface area contributed by atoms with Crippen LogP contribution in [0.2, 0.25) is 0 Å². The van der Waals surface area contributed by atoms with Crippen LogP contribution in [0.1, 0.15) is 36.9 Å². The summed E-state index contributed by atoms with van der Waals surface area (Å²) in [5.74, 6) is 1.35. The molecule has 2 saturated heterocycles. The molecule has 1 aromatic heterocycles. The predicted octanol–water partition coefficient (Wildman–Crippen LogP) is 2.31. The second-order valence-corrected chi connectivity index (χ2v) is 9.78. The third-order valence-electron chi connectivity index (χ3n) is 6.22. The highest BCUT2D eigenvalue weighted by Gasteiger charge is 2.28. The van der Waals surface area contributed by atoms with Crippen molar-refractivity contribution in [2.24, 2.45) is 11.7 Å². The number of nitrogens with one attached hydrogen (secondary N) is 1. The van der Waals surface area contributed by atoms with Crippen LogP contribution in [0.3, 0.4) is 0 Å². The summed E-state index contributed by atoms with van der Waals surface area (Å²) in [4.78, 5) is 47.2. The predicted molar refractivity (Wildman–Crippen MR) is 135 cm³/mol. The molecular formula is C25H29N5O4S. The van der Waals surface area contributed by atoms with Gasteiger partial charge >= 0.3 is 0 Å². The molecule has 1 atom stereocenters. The minimum absolute atomic E-state index is 0.0543. The number of ether oxygens (including phenoxy) is 1. The number of carbonyl (C=O) groups excluding carboxylic acids is 3. The molecule has 0 spiro atoms. The standard InChI is InChI=1S/C25H29N5O4S/c1-34-19-4-2-3-16(11-19)15-28-23(32)13-20(26)17-6-9-30(10-7-17)25-27-8-5-18(29-25)12-22-21(31)14-24(33)35-22/h2-5,8,11-12,17,20H,6-7,9-10,13-15,26H2,1H3,(H,28,32)/b22-12-. The van der Waals surface area contributed by atoms with Gasteiger partial charge < -0.3 is 20.7 Å². The molecule has 2 fully saturated rings. The van der Waals surface area contributed by atoms with Crippen molar-refractivity contribution in [3.05, 3.63) is 52.7 Å². The summed E-state index contributed by atoms with van der Waals surface area (Å²) in [6.45, 7) is 1.90. The van der Waals surface area contributed by atoms with Gasteiger partial charge in [0.05, 0.1) is 24.1 Å². The lowest BCUT2D eigenvalue weighted by Gasteiger charge is -2.34. The number of Topliss-reactive ketones (excluding diaryl/α,β-unsaturated/α-hetero) is 1. The van der Waals surface area contributed by atoms with E-state index in [9.17, 15) is 14.4 Å². The highest BCUT2D eigenvalue weighted by Crippen LogP contribution is 2.30. The fraction of sp³-hybridized carbons (Fsp3) is 0.400. The lowest BCUT2D eigenvalue weighted by Crippen LogP contribution is -2.43. The van der Waals surface area contributed by atoms with E-state index in [1.165, 1.54) is 0 Å². The van der Waals surface area contributed by atoms with E-state index in [1.807, 2.05) is 24.3 Å². The first-order valence-electron chi connectivity index (χ1n) is 11.6. The van der Waals surface area contributed by atoms with Crippen LogP contribution < -0.4 is 20.7 Å². The molecule has 2 aromatic rings. The van der Waals surface area contributed by atoms with Crippen LogP contribution in [0.4, 0.5) is 5.95 Å². The number of hydrogen-bond donors (Lipinski definition) is 2. The number of nitrogens with zero attached hydrogens (tertiary/aromatic N) is 3. The van der Waals surface area contributed by atoms with Crippen molar-refractivity contribution in [2.75, 3.05) is 25.1 Å². The normalized spacial score (nSPS) is 18.7. The van der Waals surface area contributed by atoms with Crippen molar-refractivity contribution >= 4 is 40.6 Å². The summed E-state index contributed by atoms with van der Waals surface area (Å²) < 4.78 is 5.22. The Morgan fingerprint density at radius 3 is 2.83 bits per heavy atom. The molecule has 2 aliphatic heterocycles. The van der Waals surface area contributed by atoms with Gasteiger partial charge in [-0.2, -0.15) is 0 Å². The topological polar surface area (TPSA) is 128 Å². The van der Waals surface area contributed by atoms with E-state index >= 15 is 0 Å². The molecule has 9 nitrogen and oxygen atoms in total. The van der Waals surface area contributed by atoms with Crippen LogP contribution in [-0.4, -0.2) is 53.0 Å². The van der Waals surface area contributed by atoms with Crippen LogP contribution in [0.25, 0.3) is 6.08 Å². The maximum Gasteiger partial charge on any atom is 0.225 e. The Labute approximate surface area is 208 Å². The molecule has 4 rings (SSSR count). The number of hydrogen-bond acceptors (Lipinski definition) is 9. The Morgan fingerprint density at radius 1 is 1.31 bits per heavy atom. The molecule has 3 heterocycles. The average molecular weight is 496 g/mol. The minimum Gasteiger partial charge on any atom is -0.497 e. The maximum atomic E-state index is 12.4. The van der Waals surface area contributed by atoms with E-state index < -0.39 is 0 Å². The second-order valence-electron chi connectivity index (χ2n) is 8.68. The molecule has 0 aliphatic carbocycles. The van der Waals surface area contributed by atoms with Gasteiger partial charge in [0.15, 0.2) is 5.78 Å².